The van der Waals surface area contributed by atoms with E-state index in [0.717, 1.165) is 16.7 Å². The number of hydrogen-bond acceptors (Lipinski definition) is 4. The summed E-state index contributed by atoms with van der Waals surface area (Å²) in [4.78, 5) is 4.78. The van der Waals surface area contributed by atoms with Crippen molar-refractivity contribution in [1.29, 1.82) is 0 Å². The molecule has 152 valence electrons. The van der Waals surface area contributed by atoms with Crippen molar-refractivity contribution < 1.29 is 12.8 Å². The predicted molar refractivity (Wildman–Crippen MR) is 118 cm³/mol. The summed E-state index contributed by atoms with van der Waals surface area (Å²) in [6.07, 6.45) is 0.520. The minimum absolute atomic E-state index is 0.0331. The Labute approximate surface area is 180 Å². The highest BCUT2D eigenvalue weighted by Crippen LogP contribution is 2.38. The molecule has 1 aromatic heterocycles. The molecule has 0 bridgehead atoms. The topological polar surface area (TPSA) is 86.2 Å². The van der Waals surface area contributed by atoms with Crippen molar-refractivity contribution in [2.24, 2.45) is 5.14 Å². The van der Waals surface area contributed by atoms with Gasteiger partial charge in [-0.05, 0) is 48.4 Å². The molecule has 0 atom stereocenters. The van der Waals surface area contributed by atoms with Gasteiger partial charge in [-0.25, -0.2) is 18.5 Å². The monoisotopic (exact) mass is 438 g/mol. The van der Waals surface area contributed by atoms with Gasteiger partial charge in [-0.1, -0.05) is 54.1 Å². The number of aryl methyl sites for hydroxylation is 1. The standard InChI is InChI=1S/C23H19ClN2O3S/c1-15-6-5-9-19(24)21(15)22-23(17-10-12-18(13-11-17)30(25,27)28)29-20(26-22)14-16-7-3-2-4-8-16/h2-13H,14H2,1H3,(H2,25,27,28). The van der Waals surface area contributed by atoms with E-state index in [0.29, 0.717) is 34.4 Å². The smallest absolute Gasteiger partial charge is 0.238 e. The first-order valence-corrected chi connectivity index (χ1v) is 11.2. The van der Waals surface area contributed by atoms with Crippen molar-refractivity contribution >= 4 is 21.6 Å². The molecular formula is C23H19ClN2O3S. The van der Waals surface area contributed by atoms with Gasteiger partial charge in [0, 0.05) is 17.5 Å². The summed E-state index contributed by atoms with van der Waals surface area (Å²) in [7, 11) is -3.78. The number of nitrogens with two attached hydrogens (primary N) is 1. The third kappa shape index (κ3) is 4.16. The first kappa shape index (κ1) is 20.3. The van der Waals surface area contributed by atoms with Crippen molar-refractivity contribution in [3.63, 3.8) is 0 Å². The van der Waals surface area contributed by atoms with Crippen LogP contribution in [-0.4, -0.2) is 13.4 Å². The normalized spacial score (nSPS) is 11.6. The Bertz CT molecular complexity index is 1280. The molecule has 4 aromatic rings. The van der Waals surface area contributed by atoms with Crippen LogP contribution in [0.2, 0.25) is 5.02 Å². The summed E-state index contributed by atoms with van der Waals surface area (Å²) < 4.78 is 29.3. The van der Waals surface area contributed by atoms with Crippen LogP contribution in [0.3, 0.4) is 0 Å². The Morgan fingerprint density at radius 1 is 0.967 bits per heavy atom. The molecule has 0 aliphatic heterocycles. The van der Waals surface area contributed by atoms with Gasteiger partial charge in [-0.2, -0.15) is 0 Å². The van der Waals surface area contributed by atoms with Crippen molar-refractivity contribution in [2.45, 2.75) is 18.2 Å². The molecule has 3 aromatic carbocycles. The maximum atomic E-state index is 11.6. The van der Waals surface area contributed by atoms with E-state index < -0.39 is 10.0 Å². The lowest BCUT2D eigenvalue weighted by atomic mass is 10.0. The van der Waals surface area contributed by atoms with E-state index in [4.69, 9.17) is 26.1 Å². The highest BCUT2D eigenvalue weighted by atomic mass is 35.5. The third-order valence-electron chi connectivity index (χ3n) is 4.77. The van der Waals surface area contributed by atoms with Gasteiger partial charge in [-0.15, -0.1) is 0 Å². The number of sulfonamides is 1. The van der Waals surface area contributed by atoms with E-state index in [1.165, 1.54) is 12.1 Å². The summed E-state index contributed by atoms with van der Waals surface area (Å²) in [5.41, 5.74) is 4.12. The number of rotatable bonds is 5. The van der Waals surface area contributed by atoms with Gasteiger partial charge in [0.05, 0.1) is 9.92 Å². The molecule has 5 nitrogen and oxygen atoms in total. The zero-order valence-electron chi connectivity index (χ0n) is 16.2. The first-order chi connectivity index (χ1) is 14.3. The highest BCUT2D eigenvalue weighted by Gasteiger charge is 2.21. The lowest BCUT2D eigenvalue weighted by Gasteiger charge is -2.07. The molecule has 4 rings (SSSR count). The Hall–Kier alpha value is -2.93. The van der Waals surface area contributed by atoms with Crippen molar-refractivity contribution in [2.75, 3.05) is 0 Å². The minimum Gasteiger partial charge on any atom is -0.440 e. The molecule has 0 aliphatic rings. The molecule has 0 fully saturated rings. The Morgan fingerprint density at radius 3 is 2.30 bits per heavy atom. The fourth-order valence-corrected chi connectivity index (χ4v) is 4.13. The fourth-order valence-electron chi connectivity index (χ4n) is 3.30. The van der Waals surface area contributed by atoms with Gasteiger partial charge in [0.1, 0.15) is 5.69 Å². The van der Waals surface area contributed by atoms with Crippen LogP contribution in [0.5, 0.6) is 0 Å². The van der Waals surface area contributed by atoms with Crippen LogP contribution in [0.1, 0.15) is 17.0 Å². The summed E-state index contributed by atoms with van der Waals surface area (Å²) in [6, 6.07) is 21.8. The zero-order valence-corrected chi connectivity index (χ0v) is 17.7. The number of primary sulfonamides is 1. The van der Waals surface area contributed by atoms with Crippen molar-refractivity contribution in [3.8, 4) is 22.6 Å². The average Bonchev–Trinajstić information content (AvgIpc) is 3.11. The van der Waals surface area contributed by atoms with E-state index in [-0.39, 0.29) is 4.90 Å². The van der Waals surface area contributed by atoms with Crippen molar-refractivity contribution in [1.82, 2.24) is 4.98 Å². The number of benzene rings is 3. The maximum Gasteiger partial charge on any atom is 0.238 e. The molecule has 7 heteroatoms. The van der Waals surface area contributed by atoms with E-state index in [1.54, 1.807) is 12.1 Å². The van der Waals surface area contributed by atoms with Crippen LogP contribution in [-0.2, 0) is 16.4 Å². The molecule has 0 saturated heterocycles. The second-order valence-electron chi connectivity index (χ2n) is 6.95. The molecule has 30 heavy (non-hydrogen) atoms. The molecule has 0 aliphatic carbocycles. The number of halogens is 1. The molecule has 0 saturated carbocycles. The third-order valence-corrected chi connectivity index (χ3v) is 6.02. The van der Waals surface area contributed by atoms with Gasteiger partial charge in [0.2, 0.25) is 10.0 Å². The van der Waals surface area contributed by atoms with E-state index in [9.17, 15) is 8.42 Å². The minimum atomic E-state index is -3.78. The summed E-state index contributed by atoms with van der Waals surface area (Å²) in [5, 5.41) is 5.78. The lowest BCUT2D eigenvalue weighted by Crippen LogP contribution is -2.11. The largest absolute Gasteiger partial charge is 0.440 e. The number of hydrogen-bond donors (Lipinski definition) is 1. The maximum absolute atomic E-state index is 11.6. The first-order valence-electron chi connectivity index (χ1n) is 9.25. The van der Waals surface area contributed by atoms with Gasteiger partial charge < -0.3 is 4.42 Å². The highest BCUT2D eigenvalue weighted by molar-refractivity contribution is 7.89. The number of oxazole rings is 1. The molecule has 0 unspecified atom stereocenters. The van der Waals surface area contributed by atoms with Crippen LogP contribution >= 0.6 is 11.6 Å². The van der Waals surface area contributed by atoms with E-state index in [2.05, 4.69) is 0 Å². The number of nitrogens with zero attached hydrogens (tertiary/aromatic N) is 1. The second-order valence-corrected chi connectivity index (χ2v) is 8.92. The Kier molecular flexibility index (Phi) is 5.47. The number of aromatic nitrogens is 1. The average molecular weight is 439 g/mol. The molecule has 0 amide bonds. The van der Waals surface area contributed by atoms with Crippen LogP contribution in [0.4, 0.5) is 0 Å². The van der Waals surface area contributed by atoms with Crippen LogP contribution < -0.4 is 5.14 Å². The molecule has 1 heterocycles. The van der Waals surface area contributed by atoms with Gasteiger partial charge in [0.25, 0.3) is 0 Å². The summed E-state index contributed by atoms with van der Waals surface area (Å²) in [6.45, 7) is 1.96. The van der Waals surface area contributed by atoms with Gasteiger partial charge in [0.15, 0.2) is 11.7 Å². The molecule has 0 radical (unpaired) electrons. The molecular weight excluding hydrogens is 420 g/mol. The van der Waals surface area contributed by atoms with Gasteiger partial charge in [-0.3, -0.25) is 0 Å². The lowest BCUT2D eigenvalue weighted by molar-refractivity contribution is 0.519. The van der Waals surface area contributed by atoms with Gasteiger partial charge >= 0.3 is 0 Å². The Balaban J connectivity index is 1.85. The SMILES string of the molecule is Cc1cccc(Cl)c1-c1nc(Cc2ccccc2)oc1-c1ccc(S(N)(=O)=O)cc1. The zero-order chi connectivity index (χ0) is 21.3. The fraction of sp³-hybridized carbons (Fsp3) is 0.0870. The predicted octanol–water partition coefficient (Wildman–Crippen LogP) is 5.21. The van der Waals surface area contributed by atoms with Crippen LogP contribution in [0, 0.1) is 6.92 Å². The molecule has 2 N–H and O–H groups in total. The Morgan fingerprint density at radius 2 is 1.67 bits per heavy atom. The quantitative estimate of drug-likeness (QED) is 0.463. The summed E-state index contributed by atoms with van der Waals surface area (Å²) >= 11 is 6.50. The van der Waals surface area contributed by atoms with Crippen molar-refractivity contribution in [3.05, 3.63) is 94.8 Å². The van der Waals surface area contributed by atoms with Crippen LogP contribution in [0.25, 0.3) is 22.6 Å². The molecule has 0 spiro atoms. The van der Waals surface area contributed by atoms with E-state index in [1.807, 2.05) is 55.5 Å². The van der Waals surface area contributed by atoms with Crippen LogP contribution in [0.15, 0.2) is 82.1 Å². The summed E-state index contributed by atoms with van der Waals surface area (Å²) in [5.74, 6) is 1.07. The second kappa shape index (κ2) is 8.07. The van der Waals surface area contributed by atoms with E-state index >= 15 is 0 Å².